The van der Waals surface area contributed by atoms with E-state index in [4.69, 9.17) is 9.47 Å². The van der Waals surface area contributed by atoms with Gasteiger partial charge in [0, 0.05) is 17.7 Å². The number of nitrogens with zero attached hydrogens (tertiary/aromatic N) is 1. The Balaban J connectivity index is 2.12. The molecule has 0 heterocycles. The van der Waals surface area contributed by atoms with Crippen molar-refractivity contribution in [2.45, 2.75) is 25.9 Å². The number of hydrogen-bond acceptors (Lipinski definition) is 6. The van der Waals surface area contributed by atoms with Crippen molar-refractivity contribution in [2.24, 2.45) is 0 Å². The van der Waals surface area contributed by atoms with Gasteiger partial charge in [0.05, 0.1) is 25.2 Å². The van der Waals surface area contributed by atoms with Gasteiger partial charge in [0.15, 0.2) is 0 Å². The minimum atomic E-state index is -0.601. The van der Waals surface area contributed by atoms with Crippen LogP contribution in [0.4, 0.5) is 11.4 Å². The lowest BCUT2D eigenvalue weighted by Crippen LogP contribution is -2.39. The second-order valence-corrected chi connectivity index (χ2v) is 5.98. The summed E-state index contributed by atoms with van der Waals surface area (Å²) in [6.45, 7) is 3.58. The van der Waals surface area contributed by atoms with Crippen LogP contribution in [-0.2, 0) is 4.79 Å². The van der Waals surface area contributed by atoms with Gasteiger partial charge in [0.25, 0.3) is 5.69 Å². The lowest BCUT2D eigenvalue weighted by molar-refractivity contribution is -0.383. The van der Waals surface area contributed by atoms with Crippen LogP contribution in [0.25, 0.3) is 0 Å². The molecule has 8 nitrogen and oxygen atoms in total. The quantitative estimate of drug-likeness (QED) is 0.544. The molecule has 2 N–H and O–H groups in total. The number of nitro groups is 1. The van der Waals surface area contributed by atoms with Gasteiger partial charge in [-0.3, -0.25) is 20.2 Å². The topological polar surface area (TPSA) is 103 Å². The van der Waals surface area contributed by atoms with Gasteiger partial charge in [-0.15, -0.1) is 0 Å². The van der Waals surface area contributed by atoms with E-state index in [0.29, 0.717) is 11.5 Å². The highest BCUT2D eigenvalue weighted by Gasteiger charge is 2.21. The third-order valence-corrected chi connectivity index (χ3v) is 4.16. The van der Waals surface area contributed by atoms with Crippen molar-refractivity contribution in [3.05, 3.63) is 58.1 Å². The summed E-state index contributed by atoms with van der Waals surface area (Å²) in [7, 11) is 3.15. The van der Waals surface area contributed by atoms with Crippen LogP contribution < -0.4 is 20.1 Å². The molecule has 0 aliphatic carbocycles. The number of carbonyl (C=O) groups excluding carboxylic acids is 1. The first kappa shape index (κ1) is 20.2. The first-order chi connectivity index (χ1) is 12.9. The molecule has 0 spiro atoms. The van der Waals surface area contributed by atoms with E-state index >= 15 is 0 Å². The van der Waals surface area contributed by atoms with Gasteiger partial charge in [-0.2, -0.15) is 0 Å². The Hall–Kier alpha value is -3.13. The number of nitrogens with one attached hydrogen (secondary N) is 2. The molecule has 2 aromatic rings. The average Bonchev–Trinajstić information content (AvgIpc) is 2.67. The molecule has 0 aliphatic heterocycles. The molecule has 1 amide bonds. The minimum absolute atomic E-state index is 0.152. The zero-order valence-corrected chi connectivity index (χ0v) is 15.7. The number of methoxy groups -OCH3 is 2. The predicted molar refractivity (Wildman–Crippen MR) is 102 cm³/mol. The fourth-order valence-corrected chi connectivity index (χ4v) is 2.70. The maximum Gasteiger partial charge on any atom is 0.292 e. The van der Waals surface area contributed by atoms with Gasteiger partial charge in [-0.05, 0) is 38.1 Å². The Morgan fingerprint density at radius 2 is 1.81 bits per heavy atom. The van der Waals surface area contributed by atoms with Crippen molar-refractivity contribution in [1.29, 1.82) is 0 Å². The summed E-state index contributed by atoms with van der Waals surface area (Å²) < 4.78 is 10.6. The molecule has 8 heteroatoms. The molecule has 0 bridgehead atoms. The van der Waals surface area contributed by atoms with E-state index in [1.807, 2.05) is 13.0 Å². The summed E-state index contributed by atoms with van der Waals surface area (Å²) in [6, 6.07) is 10.6. The Kier molecular flexibility index (Phi) is 6.73. The molecule has 0 aliphatic rings. The highest BCUT2D eigenvalue weighted by atomic mass is 16.6. The molecule has 0 fully saturated rings. The van der Waals surface area contributed by atoms with Crippen LogP contribution in [0.3, 0.4) is 0 Å². The lowest BCUT2D eigenvalue weighted by Gasteiger charge is -2.22. The molecule has 2 aromatic carbocycles. The Morgan fingerprint density at radius 3 is 2.44 bits per heavy atom. The monoisotopic (exact) mass is 373 g/mol. The molecular weight excluding hydrogens is 350 g/mol. The van der Waals surface area contributed by atoms with E-state index in [9.17, 15) is 14.9 Å². The molecule has 2 atom stereocenters. The van der Waals surface area contributed by atoms with Crippen molar-refractivity contribution >= 4 is 17.3 Å². The zero-order chi connectivity index (χ0) is 20.0. The van der Waals surface area contributed by atoms with Gasteiger partial charge in [0.1, 0.15) is 17.2 Å². The summed E-state index contributed by atoms with van der Waals surface area (Å²) in [5.74, 6) is 0.969. The van der Waals surface area contributed by atoms with Crippen LogP contribution in [0, 0.1) is 10.1 Å². The maximum absolute atomic E-state index is 12.5. The van der Waals surface area contributed by atoms with E-state index in [2.05, 4.69) is 10.6 Å². The number of amides is 1. The normalized spacial score (nSPS) is 12.7. The van der Waals surface area contributed by atoms with Gasteiger partial charge < -0.3 is 14.8 Å². The Morgan fingerprint density at radius 1 is 1.11 bits per heavy atom. The molecule has 0 unspecified atom stereocenters. The molecule has 0 saturated heterocycles. The van der Waals surface area contributed by atoms with Crippen LogP contribution >= 0.6 is 0 Å². The van der Waals surface area contributed by atoms with E-state index in [-0.39, 0.29) is 23.3 Å². The molecule has 0 saturated carbocycles. The third-order valence-electron chi connectivity index (χ3n) is 4.16. The van der Waals surface area contributed by atoms with Crippen LogP contribution in [-0.4, -0.2) is 31.1 Å². The maximum atomic E-state index is 12.5. The molecule has 2 rings (SSSR count). The van der Waals surface area contributed by atoms with Crippen molar-refractivity contribution in [3.63, 3.8) is 0 Å². The molecule has 144 valence electrons. The van der Waals surface area contributed by atoms with Crippen LogP contribution in [0.15, 0.2) is 42.5 Å². The average molecular weight is 373 g/mol. The molecular formula is C19H23N3O5. The van der Waals surface area contributed by atoms with Crippen molar-refractivity contribution in [1.82, 2.24) is 5.32 Å². The number of ether oxygens (including phenoxy) is 2. The van der Waals surface area contributed by atoms with E-state index in [1.165, 1.54) is 12.1 Å². The van der Waals surface area contributed by atoms with Gasteiger partial charge in [-0.25, -0.2) is 0 Å². The third kappa shape index (κ3) is 4.95. The summed E-state index contributed by atoms with van der Waals surface area (Å²) in [6.07, 6.45) is 0. The van der Waals surface area contributed by atoms with E-state index < -0.39 is 11.0 Å². The number of hydrogen-bond donors (Lipinski definition) is 2. The predicted octanol–water partition coefficient (Wildman–Crippen LogP) is 3.29. The first-order valence-corrected chi connectivity index (χ1v) is 8.39. The minimum Gasteiger partial charge on any atom is -0.497 e. The number of nitro benzene ring substituents is 1. The first-order valence-electron chi connectivity index (χ1n) is 8.39. The van der Waals surface area contributed by atoms with Crippen LogP contribution in [0.1, 0.15) is 25.5 Å². The van der Waals surface area contributed by atoms with Crippen molar-refractivity contribution < 1.29 is 19.2 Å². The van der Waals surface area contributed by atoms with Crippen molar-refractivity contribution in [2.75, 3.05) is 19.5 Å². The van der Waals surface area contributed by atoms with Gasteiger partial charge in [0.2, 0.25) is 5.91 Å². The molecule has 0 aromatic heterocycles. The number of carbonyl (C=O) groups is 1. The summed E-state index contributed by atoms with van der Waals surface area (Å²) in [5, 5.41) is 16.9. The summed E-state index contributed by atoms with van der Waals surface area (Å²) in [5.41, 5.74) is 0.843. The Bertz CT molecular complexity index is 825. The molecule has 0 radical (unpaired) electrons. The van der Waals surface area contributed by atoms with Gasteiger partial charge in [-0.1, -0.05) is 12.1 Å². The summed E-state index contributed by atoms with van der Waals surface area (Å²) in [4.78, 5) is 23.0. The number of anilines is 1. The van der Waals surface area contributed by atoms with Crippen LogP contribution in [0.5, 0.6) is 11.5 Å². The van der Waals surface area contributed by atoms with Crippen LogP contribution in [0.2, 0.25) is 0 Å². The summed E-state index contributed by atoms with van der Waals surface area (Å²) >= 11 is 0. The number of benzene rings is 2. The SMILES string of the molecule is COc1ccc(OC)c([C@@H](C)N[C@@H](C)C(=O)Nc2ccccc2[N+](=O)[O-])c1. The van der Waals surface area contributed by atoms with E-state index in [0.717, 1.165) is 5.56 Å². The largest absolute Gasteiger partial charge is 0.497 e. The van der Waals surface area contributed by atoms with Crippen molar-refractivity contribution in [3.8, 4) is 11.5 Å². The number of rotatable bonds is 8. The standard InChI is InChI=1S/C19H23N3O5/c1-12(15-11-14(26-3)9-10-18(15)27-4)20-13(2)19(23)21-16-7-5-6-8-17(16)22(24)25/h5-13,20H,1-4H3,(H,21,23)/t12-,13+/m1/s1. The van der Waals surface area contributed by atoms with Gasteiger partial charge >= 0.3 is 0 Å². The second-order valence-electron chi connectivity index (χ2n) is 5.98. The highest BCUT2D eigenvalue weighted by molar-refractivity contribution is 5.96. The Labute approximate surface area is 157 Å². The second kappa shape index (κ2) is 9.00. The fraction of sp³-hybridized carbons (Fsp3) is 0.316. The lowest BCUT2D eigenvalue weighted by atomic mass is 10.1. The smallest absolute Gasteiger partial charge is 0.292 e. The fourth-order valence-electron chi connectivity index (χ4n) is 2.70. The zero-order valence-electron chi connectivity index (χ0n) is 15.7. The number of para-hydroxylation sites is 2. The van der Waals surface area contributed by atoms with E-state index in [1.54, 1.807) is 45.4 Å². The molecule has 27 heavy (non-hydrogen) atoms. The highest BCUT2D eigenvalue weighted by Crippen LogP contribution is 2.29.